The number of esters is 1. The van der Waals surface area contributed by atoms with Gasteiger partial charge in [0.25, 0.3) is 0 Å². The summed E-state index contributed by atoms with van der Waals surface area (Å²) in [6.07, 6.45) is 1.21. The van der Waals surface area contributed by atoms with Crippen LogP contribution in [0, 0.1) is 0 Å². The van der Waals surface area contributed by atoms with Crippen molar-refractivity contribution in [2.45, 2.75) is 9.79 Å². The first-order chi connectivity index (χ1) is 12.9. The number of carbonyl (C=O) groups is 1. The van der Waals surface area contributed by atoms with Crippen LogP contribution < -0.4 is 0 Å². The van der Waals surface area contributed by atoms with E-state index in [2.05, 4.69) is 10.1 Å². The second-order valence-electron chi connectivity index (χ2n) is 5.71. The van der Waals surface area contributed by atoms with Gasteiger partial charge in [-0.3, -0.25) is 0 Å². The fourth-order valence-corrected chi connectivity index (χ4v) is 4.22. The third-order valence-corrected chi connectivity index (χ3v) is 5.98. The number of fused-ring (bicyclic) bond motifs is 3. The largest absolute Gasteiger partial charge is 0.505 e. The molecule has 0 saturated carbocycles. The molecule has 2 aromatic carbocycles. The SMILES string of the molecule is COC(=O)c1c(O)c2ccc(S(=O)(=O)c3ccccc3)cc2c2ncnn12. The van der Waals surface area contributed by atoms with Gasteiger partial charge in [0.1, 0.15) is 6.33 Å². The van der Waals surface area contributed by atoms with Crippen molar-refractivity contribution in [2.24, 2.45) is 0 Å². The predicted molar refractivity (Wildman–Crippen MR) is 95.4 cm³/mol. The number of rotatable bonds is 3. The Balaban J connectivity index is 2.04. The molecule has 0 bridgehead atoms. The minimum atomic E-state index is -3.76. The molecule has 0 fully saturated rings. The molecule has 0 spiro atoms. The summed E-state index contributed by atoms with van der Waals surface area (Å²) in [5.74, 6) is -1.15. The number of nitrogens with zero attached hydrogens (tertiary/aromatic N) is 3. The number of carbonyl (C=O) groups excluding carboxylic acids is 1. The van der Waals surface area contributed by atoms with Gasteiger partial charge >= 0.3 is 5.97 Å². The number of sulfone groups is 1. The molecular weight excluding hydrogens is 370 g/mol. The lowest BCUT2D eigenvalue weighted by molar-refractivity contribution is 0.0587. The molecule has 0 atom stereocenters. The maximum absolute atomic E-state index is 12.9. The van der Waals surface area contributed by atoms with Crippen molar-refractivity contribution in [3.05, 3.63) is 60.6 Å². The highest BCUT2D eigenvalue weighted by molar-refractivity contribution is 7.91. The van der Waals surface area contributed by atoms with Crippen LogP contribution in [-0.4, -0.2) is 41.2 Å². The highest BCUT2D eigenvalue weighted by Gasteiger charge is 2.24. The van der Waals surface area contributed by atoms with Crippen molar-refractivity contribution < 1.29 is 23.1 Å². The van der Waals surface area contributed by atoms with Crippen LogP contribution in [0.3, 0.4) is 0 Å². The van der Waals surface area contributed by atoms with E-state index in [1.165, 1.54) is 43.8 Å². The summed E-state index contributed by atoms with van der Waals surface area (Å²) in [6.45, 7) is 0. The Morgan fingerprint density at radius 1 is 1.07 bits per heavy atom. The fraction of sp³-hybridized carbons (Fsp3) is 0.0556. The van der Waals surface area contributed by atoms with E-state index in [1.54, 1.807) is 18.2 Å². The molecule has 2 heterocycles. The first kappa shape index (κ1) is 17.0. The van der Waals surface area contributed by atoms with E-state index in [0.717, 1.165) is 4.52 Å². The van der Waals surface area contributed by atoms with Gasteiger partial charge in [0.05, 0.1) is 16.9 Å². The van der Waals surface area contributed by atoms with Crippen LogP contribution >= 0.6 is 0 Å². The maximum atomic E-state index is 12.9. The number of hydrogen-bond donors (Lipinski definition) is 1. The lowest BCUT2D eigenvalue weighted by atomic mass is 10.1. The average Bonchev–Trinajstić information content (AvgIpc) is 3.17. The van der Waals surface area contributed by atoms with Crippen LogP contribution in [0.1, 0.15) is 10.5 Å². The van der Waals surface area contributed by atoms with Gasteiger partial charge in [-0.1, -0.05) is 18.2 Å². The number of pyridine rings is 1. The van der Waals surface area contributed by atoms with Gasteiger partial charge in [0.2, 0.25) is 9.84 Å². The number of aromatic nitrogens is 3. The molecule has 0 radical (unpaired) electrons. The molecule has 1 N–H and O–H groups in total. The summed E-state index contributed by atoms with van der Waals surface area (Å²) in [6, 6.07) is 12.2. The number of aromatic hydroxyl groups is 1. The Bertz CT molecular complexity index is 1300. The Morgan fingerprint density at radius 2 is 1.81 bits per heavy atom. The van der Waals surface area contributed by atoms with Crippen molar-refractivity contribution in [3.8, 4) is 5.75 Å². The molecule has 8 nitrogen and oxygen atoms in total. The summed E-state index contributed by atoms with van der Waals surface area (Å²) >= 11 is 0. The zero-order chi connectivity index (χ0) is 19.2. The molecule has 0 aliphatic heterocycles. The highest BCUT2D eigenvalue weighted by atomic mass is 32.2. The van der Waals surface area contributed by atoms with Gasteiger partial charge in [-0.2, -0.15) is 5.10 Å². The minimum Gasteiger partial charge on any atom is -0.505 e. The van der Waals surface area contributed by atoms with Crippen LogP contribution in [0.4, 0.5) is 0 Å². The van der Waals surface area contributed by atoms with Crippen LogP contribution in [0.25, 0.3) is 16.4 Å². The van der Waals surface area contributed by atoms with Crippen molar-refractivity contribution in [1.82, 2.24) is 14.6 Å². The molecule has 9 heteroatoms. The lowest BCUT2D eigenvalue weighted by Gasteiger charge is -2.11. The average molecular weight is 383 g/mol. The van der Waals surface area contributed by atoms with Crippen molar-refractivity contribution >= 4 is 32.2 Å². The third-order valence-electron chi connectivity index (χ3n) is 4.21. The van der Waals surface area contributed by atoms with Crippen LogP contribution in [0.15, 0.2) is 64.6 Å². The predicted octanol–water partition coefficient (Wildman–Crippen LogP) is 2.21. The van der Waals surface area contributed by atoms with Gasteiger partial charge in [-0.15, -0.1) is 0 Å². The van der Waals surface area contributed by atoms with Crippen LogP contribution in [-0.2, 0) is 14.6 Å². The topological polar surface area (TPSA) is 111 Å². The number of methoxy groups -OCH3 is 1. The van der Waals surface area contributed by atoms with E-state index in [1.807, 2.05) is 0 Å². The van der Waals surface area contributed by atoms with Crippen LogP contribution in [0.2, 0.25) is 0 Å². The minimum absolute atomic E-state index is 0.0383. The summed E-state index contributed by atoms with van der Waals surface area (Å²) in [7, 11) is -2.57. The molecule has 4 rings (SSSR count). The highest BCUT2D eigenvalue weighted by Crippen LogP contribution is 2.34. The quantitative estimate of drug-likeness (QED) is 0.540. The summed E-state index contributed by atoms with van der Waals surface area (Å²) in [5.41, 5.74) is 0.0458. The normalized spacial score (nSPS) is 11.7. The van der Waals surface area contributed by atoms with Crippen molar-refractivity contribution in [3.63, 3.8) is 0 Å². The van der Waals surface area contributed by atoms with Crippen molar-refractivity contribution in [2.75, 3.05) is 7.11 Å². The van der Waals surface area contributed by atoms with Gasteiger partial charge in [0.15, 0.2) is 17.1 Å². The monoisotopic (exact) mass is 383 g/mol. The summed E-state index contributed by atoms with van der Waals surface area (Å²) in [4.78, 5) is 16.3. The molecule has 0 amide bonds. The molecule has 0 aliphatic carbocycles. The zero-order valence-electron chi connectivity index (χ0n) is 14.0. The first-order valence-corrected chi connectivity index (χ1v) is 9.30. The smallest absolute Gasteiger partial charge is 0.360 e. The van der Waals surface area contributed by atoms with Gasteiger partial charge in [-0.25, -0.2) is 22.7 Å². The van der Waals surface area contributed by atoms with Crippen LogP contribution in [0.5, 0.6) is 5.75 Å². The summed E-state index contributed by atoms with van der Waals surface area (Å²) in [5, 5.41) is 15.1. The second kappa shape index (κ2) is 6.06. The maximum Gasteiger partial charge on any atom is 0.360 e. The Labute approximate surface area is 153 Å². The lowest BCUT2D eigenvalue weighted by Crippen LogP contribution is -2.10. The summed E-state index contributed by atoms with van der Waals surface area (Å²) < 4.78 is 31.6. The Kier molecular flexibility index (Phi) is 3.81. The van der Waals surface area contributed by atoms with E-state index in [0.29, 0.717) is 5.39 Å². The van der Waals surface area contributed by atoms with E-state index >= 15 is 0 Å². The molecule has 0 aliphatic rings. The molecule has 136 valence electrons. The number of hydrogen-bond acceptors (Lipinski definition) is 7. The Hall–Kier alpha value is -3.46. The fourth-order valence-electron chi connectivity index (χ4n) is 2.91. The van der Waals surface area contributed by atoms with E-state index < -0.39 is 15.8 Å². The molecular formula is C18H13N3O5S. The molecule has 2 aromatic heterocycles. The van der Waals surface area contributed by atoms with Gasteiger partial charge in [-0.05, 0) is 30.3 Å². The van der Waals surface area contributed by atoms with E-state index in [9.17, 15) is 18.3 Å². The van der Waals surface area contributed by atoms with Gasteiger partial charge < -0.3 is 9.84 Å². The zero-order valence-corrected chi connectivity index (χ0v) is 14.8. The molecule has 27 heavy (non-hydrogen) atoms. The number of benzene rings is 2. The second-order valence-corrected chi connectivity index (χ2v) is 7.66. The van der Waals surface area contributed by atoms with E-state index in [-0.39, 0.29) is 32.3 Å². The van der Waals surface area contributed by atoms with Gasteiger partial charge in [0, 0.05) is 10.8 Å². The standard InChI is InChI=1S/C18H13N3O5S/c1-26-18(23)15-16(22)13-8-7-12(9-14(13)17-19-10-20-21(15)17)27(24,25)11-5-3-2-4-6-11/h2-10,22H,1H3. The number of ether oxygens (including phenoxy) is 1. The first-order valence-electron chi connectivity index (χ1n) is 7.82. The third kappa shape index (κ3) is 2.51. The Morgan fingerprint density at radius 3 is 2.52 bits per heavy atom. The van der Waals surface area contributed by atoms with E-state index in [4.69, 9.17) is 4.74 Å². The molecule has 4 aromatic rings. The van der Waals surface area contributed by atoms with Crippen molar-refractivity contribution in [1.29, 1.82) is 0 Å². The molecule has 0 saturated heterocycles. The molecule has 0 unspecified atom stereocenters.